The van der Waals surface area contributed by atoms with Crippen molar-refractivity contribution in [2.24, 2.45) is 15.7 Å². The van der Waals surface area contributed by atoms with Gasteiger partial charge in [-0.15, -0.1) is 0 Å². The molecule has 0 aliphatic carbocycles. The summed E-state index contributed by atoms with van der Waals surface area (Å²) in [5.41, 5.74) is 6.93. The summed E-state index contributed by atoms with van der Waals surface area (Å²) < 4.78 is 0. The Morgan fingerprint density at radius 2 is 2.17 bits per heavy atom. The van der Waals surface area contributed by atoms with Crippen molar-refractivity contribution in [3.63, 3.8) is 0 Å². The maximum absolute atomic E-state index is 9.65. The number of aliphatic imine (C=N–C) groups is 2. The summed E-state index contributed by atoms with van der Waals surface area (Å²) in [5, 5.41) is 9.65. The first kappa shape index (κ1) is 12.9. The zero-order chi connectivity index (χ0) is 12.8. The van der Waals surface area contributed by atoms with Gasteiger partial charge in [0.1, 0.15) is 11.6 Å². The Labute approximate surface area is 110 Å². The van der Waals surface area contributed by atoms with Crippen molar-refractivity contribution in [1.82, 2.24) is 0 Å². The monoisotopic (exact) mass is 261 g/mol. The summed E-state index contributed by atoms with van der Waals surface area (Å²) in [5.74, 6) is 2.73. The third kappa shape index (κ3) is 3.45. The third-order valence-electron chi connectivity index (χ3n) is 2.34. The molecule has 0 fully saturated rings. The van der Waals surface area contributed by atoms with E-state index >= 15 is 0 Å². The molecule has 94 valence electrons. The third-order valence-corrected chi connectivity index (χ3v) is 3.32. The molecule has 1 aromatic carbocycles. The quantitative estimate of drug-likeness (QED) is 0.795. The van der Waals surface area contributed by atoms with Crippen molar-refractivity contribution >= 4 is 29.9 Å². The average Bonchev–Trinajstić information content (AvgIpc) is 2.80. The number of amidine groups is 1. The fourth-order valence-corrected chi connectivity index (χ4v) is 2.13. The Hall–Kier alpha value is -1.59. The Morgan fingerprint density at radius 3 is 2.94 bits per heavy atom. The molecule has 5 heteroatoms. The van der Waals surface area contributed by atoms with E-state index in [0.717, 1.165) is 28.6 Å². The zero-order valence-electron chi connectivity index (χ0n) is 9.91. The summed E-state index contributed by atoms with van der Waals surface area (Å²) >= 11 is 1.72. The molecule has 0 saturated carbocycles. The van der Waals surface area contributed by atoms with Gasteiger partial charge < -0.3 is 10.8 Å². The number of thioether (sulfide) groups is 1. The first-order valence-corrected chi connectivity index (χ1v) is 6.84. The maximum Gasteiger partial charge on any atom is 0.138 e. The number of benzene rings is 1. The van der Waals surface area contributed by atoms with Crippen molar-refractivity contribution in [2.75, 3.05) is 18.1 Å². The fourth-order valence-electron chi connectivity index (χ4n) is 1.50. The van der Waals surface area contributed by atoms with Gasteiger partial charge in [-0.3, -0.25) is 0 Å². The van der Waals surface area contributed by atoms with Crippen molar-refractivity contribution < 1.29 is 5.11 Å². The van der Waals surface area contributed by atoms with E-state index in [1.165, 1.54) is 0 Å². The molecule has 3 N–H and O–H groups in total. The highest BCUT2D eigenvalue weighted by molar-refractivity contribution is 7.99. The predicted octanol–water partition coefficient (Wildman–Crippen LogP) is 1.91. The van der Waals surface area contributed by atoms with E-state index in [1.54, 1.807) is 30.1 Å². The van der Waals surface area contributed by atoms with Crippen LogP contribution in [0.1, 0.15) is 5.56 Å². The fraction of sp³-hybridized carbons (Fsp3) is 0.231. The van der Waals surface area contributed by atoms with Gasteiger partial charge in [0, 0.05) is 17.9 Å². The number of nitrogens with two attached hydrogens (primary N) is 1. The van der Waals surface area contributed by atoms with Crippen LogP contribution in [0.3, 0.4) is 0 Å². The first-order chi connectivity index (χ1) is 8.79. The Kier molecular flexibility index (Phi) is 4.55. The van der Waals surface area contributed by atoms with Crippen LogP contribution in [0.4, 0.5) is 0 Å². The zero-order valence-corrected chi connectivity index (χ0v) is 10.7. The van der Waals surface area contributed by atoms with Crippen molar-refractivity contribution in [2.45, 2.75) is 0 Å². The van der Waals surface area contributed by atoms with Crippen LogP contribution in [0.15, 0.2) is 39.9 Å². The molecular formula is C13H15N3OS. The normalized spacial score (nSPS) is 16.3. The lowest BCUT2D eigenvalue weighted by Crippen LogP contribution is -2.04. The van der Waals surface area contributed by atoms with Gasteiger partial charge in [0.2, 0.25) is 0 Å². The van der Waals surface area contributed by atoms with Gasteiger partial charge in [-0.05, 0) is 12.1 Å². The molecule has 0 radical (unpaired) electrons. The van der Waals surface area contributed by atoms with E-state index in [1.807, 2.05) is 18.2 Å². The van der Waals surface area contributed by atoms with Crippen LogP contribution >= 0.6 is 11.8 Å². The van der Waals surface area contributed by atoms with Gasteiger partial charge in [0.15, 0.2) is 0 Å². The van der Waals surface area contributed by atoms with E-state index < -0.39 is 0 Å². The number of hydrogen-bond acceptors (Lipinski definition) is 5. The lowest BCUT2D eigenvalue weighted by Gasteiger charge is -1.97. The molecule has 1 aliphatic heterocycles. The topological polar surface area (TPSA) is 71.0 Å². The highest BCUT2D eigenvalue weighted by atomic mass is 32.2. The minimum Gasteiger partial charge on any atom is -0.507 e. The molecule has 0 saturated heterocycles. The van der Waals surface area contributed by atoms with Crippen LogP contribution in [0.5, 0.6) is 5.75 Å². The largest absolute Gasteiger partial charge is 0.507 e. The molecule has 1 heterocycles. The first-order valence-electron chi connectivity index (χ1n) is 5.69. The standard InChI is InChI=1S/C13H15N3OS/c14-5-6-18-9-13-15-8-11(16-13)7-10-3-1-2-4-12(10)17/h1-4,7-8,17H,5-6,9,14H2. The number of phenols is 1. The van der Waals surface area contributed by atoms with E-state index in [9.17, 15) is 5.11 Å². The number of hydrogen-bond donors (Lipinski definition) is 2. The lowest BCUT2D eigenvalue weighted by atomic mass is 10.2. The molecule has 2 rings (SSSR count). The predicted molar refractivity (Wildman–Crippen MR) is 78.4 cm³/mol. The smallest absolute Gasteiger partial charge is 0.138 e. The molecule has 0 amide bonds. The SMILES string of the molecule is NCCSCC1=NC(=Cc2ccccc2O)C=N1. The maximum atomic E-state index is 9.65. The number of para-hydroxylation sites is 1. The molecule has 0 bridgehead atoms. The van der Waals surface area contributed by atoms with Crippen molar-refractivity contribution in [3.05, 3.63) is 35.5 Å². The van der Waals surface area contributed by atoms with Gasteiger partial charge in [0.25, 0.3) is 0 Å². The van der Waals surface area contributed by atoms with Crippen LogP contribution in [-0.4, -0.2) is 35.2 Å². The van der Waals surface area contributed by atoms with Crippen LogP contribution in [0.25, 0.3) is 6.08 Å². The molecule has 0 unspecified atom stereocenters. The van der Waals surface area contributed by atoms with Gasteiger partial charge >= 0.3 is 0 Å². The van der Waals surface area contributed by atoms with Crippen LogP contribution in [0, 0.1) is 0 Å². The minimum atomic E-state index is 0.250. The van der Waals surface area contributed by atoms with E-state index in [2.05, 4.69) is 9.98 Å². The minimum absolute atomic E-state index is 0.250. The van der Waals surface area contributed by atoms with Crippen molar-refractivity contribution in [1.29, 1.82) is 0 Å². The number of phenolic OH excluding ortho intramolecular Hbond substituents is 1. The highest BCUT2D eigenvalue weighted by Gasteiger charge is 2.06. The van der Waals surface area contributed by atoms with E-state index in [-0.39, 0.29) is 5.75 Å². The molecular weight excluding hydrogens is 246 g/mol. The summed E-state index contributed by atoms with van der Waals surface area (Å²) in [6, 6.07) is 7.16. The van der Waals surface area contributed by atoms with Crippen LogP contribution in [0.2, 0.25) is 0 Å². The lowest BCUT2D eigenvalue weighted by molar-refractivity contribution is 0.474. The average molecular weight is 261 g/mol. The van der Waals surface area contributed by atoms with Gasteiger partial charge in [-0.2, -0.15) is 11.8 Å². The van der Waals surface area contributed by atoms with E-state index in [0.29, 0.717) is 6.54 Å². The molecule has 0 aromatic heterocycles. The van der Waals surface area contributed by atoms with Gasteiger partial charge in [-0.25, -0.2) is 9.98 Å². The number of nitrogens with zero attached hydrogens (tertiary/aromatic N) is 2. The molecule has 0 atom stereocenters. The van der Waals surface area contributed by atoms with Crippen LogP contribution in [-0.2, 0) is 0 Å². The summed E-state index contributed by atoms with van der Waals surface area (Å²) in [6.45, 7) is 0.669. The van der Waals surface area contributed by atoms with Crippen molar-refractivity contribution in [3.8, 4) is 5.75 Å². The second-order valence-electron chi connectivity index (χ2n) is 3.76. The molecule has 1 aromatic rings. The molecule has 18 heavy (non-hydrogen) atoms. The Balaban J connectivity index is 2.04. The molecule has 0 spiro atoms. The number of aromatic hydroxyl groups is 1. The summed E-state index contributed by atoms with van der Waals surface area (Å²) in [4.78, 5) is 8.61. The molecule has 1 aliphatic rings. The van der Waals surface area contributed by atoms with Gasteiger partial charge in [0.05, 0.1) is 17.7 Å². The summed E-state index contributed by atoms with van der Waals surface area (Å²) in [6.07, 6.45) is 3.53. The number of allylic oxidation sites excluding steroid dienone is 1. The Morgan fingerprint density at radius 1 is 1.33 bits per heavy atom. The second kappa shape index (κ2) is 6.37. The second-order valence-corrected chi connectivity index (χ2v) is 4.86. The van der Waals surface area contributed by atoms with E-state index in [4.69, 9.17) is 5.73 Å². The van der Waals surface area contributed by atoms with Gasteiger partial charge in [-0.1, -0.05) is 18.2 Å². The Bertz CT molecular complexity index is 509. The highest BCUT2D eigenvalue weighted by Crippen LogP contribution is 2.20. The number of rotatable bonds is 5. The van der Waals surface area contributed by atoms with Crippen LogP contribution < -0.4 is 5.73 Å². The molecule has 4 nitrogen and oxygen atoms in total. The summed E-state index contributed by atoms with van der Waals surface area (Å²) in [7, 11) is 0.